The monoisotopic (exact) mass is 505 g/mol. The highest BCUT2D eigenvalue weighted by Crippen LogP contribution is 2.50. The zero-order chi connectivity index (χ0) is 25.7. The first-order valence-corrected chi connectivity index (χ1v) is 15.0. The molecule has 1 aliphatic heterocycles. The van der Waals surface area contributed by atoms with Crippen molar-refractivity contribution in [3.8, 4) is 0 Å². The predicted octanol–water partition coefficient (Wildman–Crippen LogP) is 3.48. The second-order valence-corrected chi connectivity index (χ2v) is 14.7. The van der Waals surface area contributed by atoms with Crippen LogP contribution < -0.4 is 0 Å². The van der Waals surface area contributed by atoms with E-state index in [2.05, 4.69) is 43.3 Å². The van der Waals surface area contributed by atoms with Crippen molar-refractivity contribution in [3.05, 3.63) is 35.9 Å². The van der Waals surface area contributed by atoms with Crippen LogP contribution in [0.1, 0.15) is 64.4 Å². The van der Waals surface area contributed by atoms with Crippen LogP contribution in [0.2, 0.25) is 0 Å². The zero-order valence-electron chi connectivity index (χ0n) is 22.1. The fraction of sp³-hybridized carbons (Fsp3) is 0.741. The summed E-state index contributed by atoms with van der Waals surface area (Å²) in [4.78, 5) is 19.9. The Bertz CT molecular complexity index is 1030. The van der Waals surface area contributed by atoms with Gasteiger partial charge in [-0.05, 0) is 70.0 Å². The van der Waals surface area contributed by atoms with Gasteiger partial charge in [-0.1, -0.05) is 44.2 Å². The molecule has 2 aliphatic carbocycles. The molecule has 2 saturated carbocycles. The highest BCUT2D eigenvalue weighted by Gasteiger charge is 2.56. The Labute approximate surface area is 211 Å². The summed E-state index contributed by atoms with van der Waals surface area (Å²) in [6, 6.07) is 10.6. The van der Waals surface area contributed by atoms with Crippen LogP contribution in [0, 0.1) is 5.41 Å². The Balaban J connectivity index is 1.61. The lowest BCUT2D eigenvalue weighted by atomic mass is 9.67. The van der Waals surface area contributed by atoms with Crippen molar-refractivity contribution < 1.29 is 18.3 Å². The third-order valence-corrected chi connectivity index (χ3v) is 10.0. The van der Waals surface area contributed by atoms with Crippen molar-refractivity contribution in [1.29, 1.82) is 0 Å². The molecule has 1 N–H and O–H groups in total. The Morgan fingerprint density at radius 1 is 1.03 bits per heavy atom. The van der Waals surface area contributed by atoms with Crippen molar-refractivity contribution in [1.82, 2.24) is 14.7 Å². The van der Waals surface area contributed by atoms with Gasteiger partial charge < -0.3 is 14.9 Å². The van der Waals surface area contributed by atoms with E-state index in [4.69, 9.17) is 0 Å². The average Bonchev–Trinajstić information content (AvgIpc) is 2.96. The van der Waals surface area contributed by atoms with Crippen molar-refractivity contribution >= 4 is 15.9 Å². The van der Waals surface area contributed by atoms with Crippen LogP contribution in [0.25, 0.3) is 0 Å². The summed E-state index contributed by atoms with van der Waals surface area (Å²) < 4.78 is 24.0. The molecule has 4 rings (SSSR count). The molecule has 1 saturated heterocycles. The lowest BCUT2D eigenvalue weighted by Gasteiger charge is -2.52. The highest BCUT2D eigenvalue weighted by molar-refractivity contribution is 7.90. The summed E-state index contributed by atoms with van der Waals surface area (Å²) in [6.07, 6.45) is 7.27. The molecule has 8 heteroatoms. The number of carbonyl (C=O) groups is 1. The molecule has 0 atom stereocenters. The summed E-state index contributed by atoms with van der Waals surface area (Å²) in [5.74, 6) is 0.0401. The van der Waals surface area contributed by atoms with Crippen LogP contribution in [0.3, 0.4) is 0 Å². The summed E-state index contributed by atoms with van der Waals surface area (Å²) in [7, 11) is 1.11. The van der Waals surface area contributed by atoms with Crippen LogP contribution in [0.4, 0.5) is 4.79 Å². The van der Waals surface area contributed by atoms with Crippen molar-refractivity contribution in [2.45, 2.75) is 75.5 Å². The molecule has 3 fully saturated rings. The maximum absolute atomic E-state index is 13.8. The molecule has 1 aromatic carbocycles. The molecule has 35 heavy (non-hydrogen) atoms. The smallest absolute Gasteiger partial charge is 0.320 e. The maximum atomic E-state index is 13.8. The fourth-order valence-electron chi connectivity index (χ4n) is 6.85. The van der Waals surface area contributed by atoms with Gasteiger partial charge in [0.05, 0.1) is 23.4 Å². The lowest BCUT2D eigenvalue weighted by Crippen LogP contribution is -2.59. The second kappa shape index (κ2) is 9.03. The van der Waals surface area contributed by atoms with Gasteiger partial charge in [0.25, 0.3) is 0 Å². The Morgan fingerprint density at radius 2 is 1.63 bits per heavy atom. The van der Waals surface area contributed by atoms with Gasteiger partial charge in [-0.3, -0.25) is 4.90 Å². The van der Waals surface area contributed by atoms with E-state index >= 15 is 0 Å². The molecule has 196 valence electrons. The molecule has 7 nitrogen and oxygen atoms in total. The van der Waals surface area contributed by atoms with Gasteiger partial charge in [0, 0.05) is 24.9 Å². The minimum Gasteiger partial charge on any atom is -0.388 e. The average molecular weight is 506 g/mol. The van der Waals surface area contributed by atoms with Gasteiger partial charge in [0.2, 0.25) is 0 Å². The fourth-order valence-corrected chi connectivity index (χ4v) is 8.36. The largest absolute Gasteiger partial charge is 0.388 e. The first-order chi connectivity index (χ1) is 16.2. The molecular formula is C27H43N3O4S. The van der Waals surface area contributed by atoms with Gasteiger partial charge >= 0.3 is 6.03 Å². The van der Waals surface area contributed by atoms with E-state index in [1.807, 2.05) is 29.7 Å². The molecule has 0 aromatic heterocycles. The highest BCUT2D eigenvalue weighted by atomic mass is 32.2. The zero-order valence-corrected chi connectivity index (χ0v) is 22.9. The minimum atomic E-state index is -3.16. The number of sulfone groups is 1. The van der Waals surface area contributed by atoms with Crippen LogP contribution in [-0.2, 0) is 15.4 Å². The normalized spacial score (nSPS) is 29.2. The minimum absolute atomic E-state index is 0.0401. The number of aliphatic hydroxyl groups is 1. The molecule has 2 amide bonds. The number of β-amino-alcohol motifs (C(OH)–C–C–N with tert-alkyl or cyclic N) is 1. The van der Waals surface area contributed by atoms with Gasteiger partial charge in [-0.25, -0.2) is 13.2 Å². The molecule has 0 radical (unpaired) electrons. The molecule has 3 aliphatic rings. The van der Waals surface area contributed by atoms with Crippen molar-refractivity contribution in [2.24, 2.45) is 5.41 Å². The quantitative estimate of drug-likeness (QED) is 0.585. The van der Waals surface area contributed by atoms with Gasteiger partial charge in [0.1, 0.15) is 9.84 Å². The third kappa shape index (κ3) is 5.25. The predicted molar refractivity (Wildman–Crippen MR) is 139 cm³/mol. The maximum Gasteiger partial charge on any atom is 0.320 e. The van der Waals surface area contributed by atoms with E-state index in [0.717, 1.165) is 44.9 Å². The molecule has 0 unspecified atom stereocenters. The molecule has 1 heterocycles. The summed E-state index contributed by atoms with van der Waals surface area (Å²) in [6.45, 7) is 5.20. The van der Waals surface area contributed by atoms with Gasteiger partial charge in [0.15, 0.2) is 0 Å². The number of hydrogen-bond acceptors (Lipinski definition) is 5. The standard InChI is InChI=1S/C27H43N3O4S/c1-24(2,21-35(5,33)34)18-29-19-25(30(23(29)31)20-26(32)12-9-13-26)14-16-27(17-15-25,28(3)4)22-10-7-6-8-11-22/h6-8,10-11,32H,9,12-21H2,1-5H3. The Hall–Kier alpha value is -1.64. The third-order valence-electron chi connectivity index (χ3n) is 8.74. The SMILES string of the molecule is CN(C)C1(c2ccccc2)CCC2(CC1)CN(CC(C)(C)CS(C)(=O)=O)C(=O)N2CC1(O)CCC1. The van der Waals surface area contributed by atoms with Crippen LogP contribution in [0.5, 0.6) is 0 Å². The number of urea groups is 1. The van der Waals surface area contributed by atoms with Crippen molar-refractivity contribution in [2.75, 3.05) is 45.7 Å². The van der Waals surface area contributed by atoms with E-state index in [1.54, 1.807) is 0 Å². The number of carbonyl (C=O) groups excluding carboxylic acids is 1. The van der Waals surface area contributed by atoms with Gasteiger partial charge in [-0.2, -0.15) is 0 Å². The Kier molecular flexibility index (Phi) is 6.82. The van der Waals surface area contributed by atoms with Crippen LogP contribution in [-0.4, -0.2) is 91.1 Å². The molecule has 1 aromatic rings. The van der Waals surface area contributed by atoms with Gasteiger partial charge in [-0.15, -0.1) is 0 Å². The molecule has 1 spiro atoms. The van der Waals surface area contributed by atoms with E-state index in [1.165, 1.54) is 11.8 Å². The lowest BCUT2D eigenvalue weighted by molar-refractivity contribution is -0.0725. The first kappa shape index (κ1) is 26.4. The van der Waals surface area contributed by atoms with E-state index in [9.17, 15) is 18.3 Å². The Morgan fingerprint density at radius 3 is 2.11 bits per heavy atom. The van der Waals surface area contributed by atoms with E-state index < -0.39 is 20.9 Å². The number of hydrogen-bond donors (Lipinski definition) is 1. The molecule has 0 bridgehead atoms. The topological polar surface area (TPSA) is 81.2 Å². The van der Waals surface area contributed by atoms with Crippen molar-refractivity contribution in [3.63, 3.8) is 0 Å². The van der Waals surface area contributed by atoms with E-state index in [-0.39, 0.29) is 22.9 Å². The first-order valence-electron chi connectivity index (χ1n) is 12.9. The number of benzene rings is 1. The van der Waals surface area contributed by atoms with Crippen LogP contribution in [0.15, 0.2) is 30.3 Å². The second-order valence-electron chi connectivity index (χ2n) is 12.6. The summed E-state index contributed by atoms with van der Waals surface area (Å²) in [5, 5.41) is 11.0. The summed E-state index contributed by atoms with van der Waals surface area (Å²) in [5.41, 5.74) is -0.453. The molecular weight excluding hydrogens is 462 g/mol. The van der Waals surface area contributed by atoms with E-state index in [0.29, 0.717) is 19.6 Å². The number of nitrogens with zero attached hydrogens (tertiary/aromatic N) is 3. The van der Waals surface area contributed by atoms with Crippen LogP contribution >= 0.6 is 0 Å². The number of amides is 2. The number of rotatable bonds is 8. The summed E-state index contributed by atoms with van der Waals surface area (Å²) >= 11 is 0.